The highest BCUT2D eigenvalue weighted by Gasteiger charge is 2.29. The third-order valence-corrected chi connectivity index (χ3v) is 6.18. The van der Waals surface area contributed by atoms with E-state index < -0.39 is 12.1 Å². The Hall–Kier alpha value is -3.74. The summed E-state index contributed by atoms with van der Waals surface area (Å²) in [5.41, 5.74) is 10.9. The van der Waals surface area contributed by atoms with Crippen molar-refractivity contribution >= 4 is 5.91 Å². The number of carbonyl (C=O) groups excluding carboxylic acids is 1. The van der Waals surface area contributed by atoms with E-state index in [0.29, 0.717) is 48.1 Å². The molecule has 1 amide bonds. The third-order valence-electron chi connectivity index (χ3n) is 6.18. The maximum Gasteiger partial charge on any atom is 0.258 e. The van der Waals surface area contributed by atoms with Crippen LogP contribution in [0.15, 0.2) is 34.9 Å². The molecular formula is C26H29N5O4. The number of hydrogen-bond acceptors (Lipinski definition) is 8. The molecule has 35 heavy (non-hydrogen) atoms. The summed E-state index contributed by atoms with van der Waals surface area (Å²) in [4.78, 5) is 18.8. The zero-order chi connectivity index (χ0) is 25.3. The van der Waals surface area contributed by atoms with Gasteiger partial charge in [-0.15, -0.1) is 0 Å². The van der Waals surface area contributed by atoms with Gasteiger partial charge in [0.25, 0.3) is 5.89 Å². The van der Waals surface area contributed by atoms with Gasteiger partial charge in [-0.2, -0.15) is 10.2 Å². The summed E-state index contributed by atoms with van der Waals surface area (Å²) >= 11 is 0. The van der Waals surface area contributed by atoms with E-state index in [0.717, 1.165) is 22.3 Å². The Morgan fingerprint density at radius 2 is 2.06 bits per heavy atom. The average Bonchev–Trinajstić information content (AvgIpc) is 3.33. The number of fused-ring (bicyclic) bond motifs is 1. The van der Waals surface area contributed by atoms with Gasteiger partial charge in [-0.3, -0.25) is 4.79 Å². The molecule has 2 atom stereocenters. The van der Waals surface area contributed by atoms with Crippen molar-refractivity contribution in [1.82, 2.24) is 15.0 Å². The first-order valence-electron chi connectivity index (χ1n) is 11.6. The van der Waals surface area contributed by atoms with Crippen LogP contribution in [0.2, 0.25) is 0 Å². The molecule has 0 unspecified atom stereocenters. The lowest BCUT2D eigenvalue weighted by Gasteiger charge is -2.32. The van der Waals surface area contributed by atoms with Crippen LogP contribution in [0.4, 0.5) is 0 Å². The lowest BCUT2D eigenvalue weighted by molar-refractivity contribution is -0.135. The van der Waals surface area contributed by atoms with Crippen molar-refractivity contribution in [2.75, 3.05) is 6.54 Å². The van der Waals surface area contributed by atoms with E-state index in [1.165, 1.54) is 6.92 Å². The number of nitrogens with two attached hydrogens (primary N) is 1. The Morgan fingerprint density at radius 1 is 1.29 bits per heavy atom. The van der Waals surface area contributed by atoms with Crippen molar-refractivity contribution in [2.45, 2.75) is 58.9 Å². The number of aliphatic hydroxyl groups is 1. The fourth-order valence-electron chi connectivity index (χ4n) is 4.25. The van der Waals surface area contributed by atoms with Crippen LogP contribution in [0.3, 0.4) is 0 Å². The van der Waals surface area contributed by atoms with E-state index in [9.17, 15) is 15.2 Å². The van der Waals surface area contributed by atoms with Gasteiger partial charge in [0.15, 0.2) is 0 Å². The maximum absolute atomic E-state index is 12.6. The minimum atomic E-state index is -0.928. The fraction of sp³-hybridized carbons (Fsp3) is 0.385. The Bertz CT molecular complexity index is 1290. The first-order chi connectivity index (χ1) is 16.7. The van der Waals surface area contributed by atoms with Gasteiger partial charge < -0.3 is 25.0 Å². The van der Waals surface area contributed by atoms with Gasteiger partial charge in [-0.05, 0) is 69.0 Å². The van der Waals surface area contributed by atoms with Crippen LogP contribution in [0.1, 0.15) is 43.0 Å². The number of amides is 1. The number of nitrogens with zero attached hydrogens (tertiary/aromatic N) is 4. The molecule has 3 N–H and O–H groups in total. The maximum atomic E-state index is 12.6. The summed E-state index contributed by atoms with van der Waals surface area (Å²) < 4.78 is 11.2. The summed E-state index contributed by atoms with van der Waals surface area (Å²) in [6, 6.07) is 10.3. The monoisotopic (exact) mass is 475 g/mol. The molecule has 2 aromatic carbocycles. The summed E-state index contributed by atoms with van der Waals surface area (Å²) in [6.07, 6.45) is -0.278. The Balaban J connectivity index is 1.58. The van der Waals surface area contributed by atoms with Crippen molar-refractivity contribution in [3.8, 4) is 34.7 Å². The van der Waals surface area contributed by atoms with E-state index in [1.54, 1.807) is 23.1 Å². The molecule has 9 heteroatoms. The van der Waals surface area contributed by atoms with Crippen molar-refractivity contribution in [3.63, 3.8) is 0 Å². The number of ether oxygens (including phenoxy) is 1. The summed E-state index contributed by atoms with van der Waals surface area (Å²) in [5.74, 6) is 1.03. The number of carbonyl (C=O) groups is 1. The molecule has 9 nitrogen and oxygen atoms in total. The van der Waals surface area contributed by atoms with E-state index in [1.807, 2.05) is 32.9 Å². The number of nitriles is 1. The van der Waals surface area contributed by atoms with E-state index in [2.05, 4.69) is 16.2 Å². The molecule has 0 bridgehead atoms. The van der Waals surface area contributed by atoms with Crippen LogP contribution < -0.4 is 10.5 Å². The molecule has 0 fully saturated rings. The van der Waals surface area contributed by atoms with E-state index >= 15 is 0 Å². The summed E-state index contributed by atoms with van der Waals surface area (Å²) in [5, 5.41) is 23.3. The first kappa shape index (κ1) is 24.4. The van der Waals surface area contributed by atoms with Crippen molar-refractivity contribution in [3.05, 3.63) is 52.6 Å². The van der Waals surface area contributed by atoms with Crippen LogP contribution in [0.5, 0.6) is 5.75 Å². The molecule has 2 heterocycles. The fourth-order valence-corrected chi connectivity index (χ4v) is 4.25. The molecule has 0 radical (unpaired) electrons. The number of aromatic nitrogens is 2. The highest BCUT2D eigenvalue weighted by molar-refractivity contribution is 5.82. The minimum Gasteiger partial charge on any atom is -0.490 e. The second-order valence-electron chi connectivity index (χ2n) is 9.06. The number of rotatable bonds is 6. The second kappa shape index (κ2) is 9.86. The van der Waals surface area contributed by atoms with Crippen LogP contribution in [-0.4, -0.2) is 50.8 Å². The topological polar surface area (TPSA) is 138 Å². The van der Waals surface area contributed by atoms with Crippen molar-refractivity contribution in [2.24, 2.45) is 5.73 Å². The van der Waals surface area contributed by atoms with Crippen LogP contribution >= 0.6 is 0 Å². The van der Waals surface area contributed by atoms with Crippen LogP contribution in [0.25, 0.3) is 22.8 Å². The average molecular weight is 476 g/mol. The number of aliphatic hydroxyl groups excluding tert-OH is 1. The predicted octanol–water partition coefficient (Wildman–Crippen LogP) is 2.96. The van der Waals surface area contributed by atoms with Gasteiger partial charge >= 0.3 is 0 Å². The molecule has 1 aliphatic rings. The summed E-state index contributed by atoms with van der Waals surface area (Å²) in [6.45, 7) is 8.30. The van der Waals surface area contributed by atoms with Gasteiger partial charge in [-0.1, -0.05) is 17.3 Å². The smallest absolute Gasteiger partial charge is 0.258 e. The lowest BCUT2D eigenvalue weighted by atomic mass is 9.91. The van der Waals surface area contributed by atoms with Gasteiger partial charge in [0.1, 0.15) is 17.9 Å². The van der Waals surface area contributed by atoms with Crippen molar-refractivity contribution < 1.29 is 19.2 Å². The Labute approximate surface area is 204 Å². The number of benzene rings is 2. The van der Waals surface area contributed by atoms with E-state index in [-0.39, 0.29) is 12.0 Å². The van der Waals surface area contributed by atoms with Crippen molar-refractivity contribution in [1.29, 1.82) is 5.26 Å². The minimum absolute atomic E-state index is 0.0462. The molecule has 0 aliphatic carbocycles. The quantitative estimate of drug-likeness (QED) is 0.555. The zero-order valence-electron chi connectivity index (χ0n) is 20.3. The SMILES string of the molecule is Cc1c(-c2noc(-c3ccc(OC(C)C)c(C#N)c3)n2)ccc2c1CCN(C(=O)[C@H](N)[C@@H](C)O)C2. The van der Waals surface area contributed by atoms with Gasteiger partial charge in [0.05, 0.1) is 17.8 Å². The highest BCUT2D eigenvalue weighted by atomic mass is 16.5. The zero-order valence-corrected chi connectivity index (χ0v) is 20.3. The largest absolute Gasteiger partial charge is 0.490 e. The number of hydrogen-bond donors (Lipinski definition) is 2. The van der Waals surface area contributed by atoms with Crippen LogP contribution in [-0.2, 0) is 17.8 Å². The lowest BCUT2D eigenvalue weighted by Crippen LogP contribution is -2.50. The molecule has 0 saturated heterocycles. The highest BCUT2D eigenvalue weighted by Crippen LogP contribution is 2.32. The van der Waals surface area contributed by atoms with Gasteiger partial charge in [0, 0.05) is 24.2 Å². The first-order valence-corrected chi connectivity index (χ1v) is 11.6. The molecule has 3 aromatic rings. The second-order valence-corrected chi connectivity index (χ2v) is 9.06. The molecule has 1 aliphatic heterocycles. The molecule has 182 valence electrons. The van der Waals surface area contributed by atoms with E-state index in [4.69, 9.17) is 15.0 Å². The molecule has 0 saturated carbocycles. The predicted molar refractivity (Wildman–Crippen MR) is 129 cm³/mol. The normalized spacial score (nSPS) is 14.9. The van der Waals surface area contributed by atoms with Crippen LogP contribution in [0, 0.1) is 18.3 Å². The molecular weight excluding hydrogens is 446 g/mol. The molecule has 4 rings (SSSR count). The summed E-state index contributed by atoms with van der Waals surface area (Å²) in [7, 11) is 0. The standard InChI is InChI=1S/C26H29N5O4/c1-14(2)34-22-8-6-17(11-19(22)12-27)25-29-24(30-35-25)21-7-5-18-13-31(10-9-20(18)15(21)3)26(33)23(28)16(4)32/h5-8,11,14,16,23,32H,9-10,13,28H2,1-4H3/t16-,23-/m1/s1. The Morgan fingerprint density at radius 3 is 2.74 bits per heavy atom. The Kier molecular flexibility index (Phi) is 6.87. The molecule has 0 spiro atoms. The third kappa shape index (κ3) is 4.90. The molecule has 1 aromatic heterocycles. The van der Waals surface area contributed by atoms with Gasteiger partial charge in [0.2, 0.25) is 11.7 Å². The van der Waals surface area contributed by atoms with Gasteiger partial charge in [-0.25, -0.2) is 0 Å².